The fraction of sp³-hybridized carbons (Fsp3) is 0.412. The first-order valence-corrected chi connectivity index (χ1v) is 7.20. The van der Waals surface area contributed by atoms with E-state index in [1.807, 2.05) is 24.3 Å². The van der Waals surface area contributed by atoms with Crippen molar-refractivity contribution in [3.8, 4) is 0 Å². The van der Waals surface area contributed by atoms with Crippen LogP contribution in [0.1, 0.15) is 30.4 Å². The molecule has 8 heteroatoms. The molecule has 136 valence electrons. The number of carbonyl (C=O) groups is 1. The normalized spacial score (nSPS) is 11.4. The molecule has 0 aliphatic heterocycles. The van der Waals surface area contributed by atoms with E-state index in [2.05, 4.69) is 11.7 Å². The fourth-order valence-electron chi connectivity index (χ4n) is 1.69. The molecule has 1 aromatic carbocycles. The summed E-state index contributed by atoms with van der Waals surface area (Å²) in [6.45, 7) is 3.80. The van der Waals surface area contributed by atoms with Gasteiger partial charge in [-0.1, -0.05) is 6.07 Å². The van der Waals surface area contributed by atoms with Gasteiger partial charge >= 0.3 is 24.8 Å². The summed E-state index contributed by atoms with van der Waals surface area (Å²) in [5.41, 5.74) is 7.53. The Kier molecular flexibility index (Phi) is 14.3. The number of benzene rings is 1. The number of halogens is 3. The molecular formula is C17H21F3LiNO3-2. The van der Waals surface area contributed by atoms with Crippen LogP contribution in [0.3, 0.4) is 0 Å². The molecule has 2 N–H and O–H groups in total. The smallest absolute Gasteiger partial charge is 0.542 e. The van der Waals surface area contributed by atoms with Gasteiger partial charge in [0.15, 0.2) is 0 Å². The van der Waals surface area contributed by atoms with E-state index in [1.165, 1.54) is 13.4 Å². The molecule has 0 aromatic heterocycles. The predicted molar refractivity (Wildman–Crippen MR) is 84.5 cm³/mol. The number of methoxy groups -OCH3 is 1. The first kappa shape index (κ1) is 25.8. The van der Waals surface area contributed by atoms with Gasteiger partial charge in [0.2, 0.25) is 0 Å². The third-order valence-corrected chi connectivity index (χ3v) is 2.81. The minimum Gasteiger partial charge on any atom is -0.542 e. The minimum atomic E-state index is -4.21. The van der Waals surface area contributed by atoms with E-state index >= 15 is 0 Å². The number of rotatable bonds is 7. The van der Waals surface area contributed by atoms with Gasteiger partial charge in [-0.25, -0.2) is 19.6 Å². The van der Waals surface area contributed by atoms with E-state index in [-0.39, 0.29) is 50.5 Å². The van der Waals surface area contributed by atoms with E-state index < -0.39 is 12.2 Å². The molecule has 25 heavy (non-hydrogen) atoms. The summed E-state index contributed by atoms with van der Waals surface area (Å²) in [6.07, 6.45) is -1.76. The molecule has 0 bridgehead atoms. The number of nitrogens with two attached hydrogens (primary N) is 1. The third-order valence-electron chi connectivity index (χ3n) is 2.81. The van der Waals surface area contributed by atoms with Crippen LogP contribution in [0, 0.1) is 13.3 Å². The SMILES string of the molecule is O=[C-]CCC[CH-]C(F)(F)F.[CH2-]c1cccc(C[C@H](N)C(=O)OC)c1.[Li+]. The van der Waals surface area contributed by atoms with Crippen LogP contribution in [0.2, 0.25) is 0 Å². The molecule has 0 fully saturated rings. The molecule has 0 spiro atoms. The summed E-state index contributed by atoms with van der Waals surface area (Å²) in [5.74, 6) is -0.389. The second-order valence-corrected chi connectivity index (χ2v) is 4.94. The molecule has 0 heterocycles. The monoisotopic (exact) mass is 351 g/mol. The Morgan fingerprint density at radius 1 is 1.44 bits per heavy atom. The molecule has 4 nitrogen and oxygen atoms in total. The molecule has 1 aromatic rings. The van der Waals surface area contributed by atoms with Gasteiger partial charge in [-0.2, -0.15) is 37.5 Å². The van der Waals surface area contributed by atoms with E-state index in [0.717, 1.165) is 11.1 Å². The zero-order valence-corrected chi connectivity index (χ0v) is 14.4. The van der Waals surface area contributed by atoms with Gasteiger partial charge in [0.05, 0.1) is 7.11 Å². The predicted octanol–water partition coefficient (Wildman–Crippen LogP) is -0.0514. The first-order valence-electron chi connectivity index (χ1n) is 7.20. The van der Waals surface area contributed by atoms with Crippen molar-refractivity contribution < 1.29 is 46.4 Å². The fourth-order valence-corrected chi connectivity index (χ4v) is 1.69. The molecule has 1 rings (SSSR count). The zero-order chi connectivity index (χ0) is 18.6. The molecule has 0 unspecified atom stereocenters. The van der Waals surface area contributed by atoms with Gasteiger partial charge in [0, 0.05) is 0 Å². The zero-order valence-electron chi connectivity index (χ0n) is 14.4. The van der Waals surface area contributed by atoms with Gasteiger partial charge in [-0.05, 0) is 6.42 Å². The molecule has 0 aliphatic rings. The van der Waals surface area contributed by atoms with Crippen LogP contribution in [0.4, 0.5) is 13.2 Å². The van der Waals surface area contributed by atoms with E-state index in [4.69, 9.17) is 5.73 Å². The summed E-state index contributed by atoms with van der Waals surface area (Å²) in [6, 6.07) is 7.01. The third kappa shape index (κ3) is 14.6. The maximum absolute atomic E-state index is 11.3. The maximum Gasteiger partial charge on any atom is 1.00 e. The maximum atomic E-state index is 11.3. The average Bonchev–Trinajstić information content (AvgIpc) is 2.50. The van der Waals surface area contributed by atoms with Crippen molar-refractivity contribution in [2.45, 2.75) is 37.9 Å². The summed E-state index contributed by atoms with van der Waals surface area (Å²) >= 11 is 0. The Labute approximate surface area is 158 Å². The number of alkyl halides is 3. The van der Waals surface area contributed by atoms with E-state index in [0.29, 0.717) is 6.42 Å². The van der Waals surface area contributed by atoms with Crippen molar-refractivity contribution in [1.82, 2.24) is 0 Å². The number of esters is 1. The topological polar surface area (TPSA) is 69.4 Å². The van der Waals surface area contributed by atoms with E-state index in [9.17, 15) is 22.8 Å². The van der Waals surface area contributed by atoms with Crippen molar-refractivity contribution in [2.24, 2.45) is 5.73 Å². The van der Waals surface area contributed by atoms with Crippen LogP contribution < -0.4 is 24.6 Å². The second-order valence-electron chi connectivity index (χ2n) is 4.94. The van der Waals surface area contributed by atoms with Gasteiger partial charge in [0.1, 0.15) is 6.04 Å². The number of hydrogen-bond acceptors (Lipinski definition) is 4. The van der Waals surface area contributed by atoms with Crippen molar-refractivity contribution in [2.75, 3.05) is 7.11 Å². The van der Waals surface area contributed by atoms with Gasteiger partial charge in [-0.3, -0.25) is 11.1 Å². The number of hydrogen-bond donors (Lipinski definition) is 1. The minimum absolute atomic E-state index is 0. The van der Waals surface area contributed by atoms with Crippen molar-refractivity contribution in [1.29, 1.82) is 0 Å². The van der Waals surface area contributed by atoms with Crippen LogP contribution >= 0.6 is 0 Å². The summed E-state index contributed by atoms with van der Waals surface area (Å²) in [7, 11) is 1.33. The number of ether oxygens (including phenoxy) is 1. The van der Waals surface area contributed by atoms with Crippen molar-refractivity contribution in [3.63, 3.8) is 0 Å². The summed E-state index contributed by atoms with van der Waals surface area (Å²) in [4.78, 5) is 20.5. The molecule has 0 saturated carbocycles. The second kappa shape index (κ2) is 13.8. The molecule has 0 radical (unpaired) electrons. The van der Waals surface area contributed by atoms with Crippen LogP contribution in [0.5, 0.6) is 0 Å². The van der Waals surface area contributed by atoms with Gasteiger partial charge < -0.3 is 15.3 Å². The quantitative estimate of drug-likeness (QED) is 0.324. The number of unbranched alkanes of at least 4 members (excludes halogenated alkanes) is 2. The Balaban J connectivity index is 0. The Bertz CT molecular complexity index is 510. The first-order chi connectivity index (χ1) is 11.2. The van der Waals surface area contributed by atoms with Crippen LogP contribution in [-0.4, -0.2) is 31.6 Å². The van der Waals surface area contributed by atoms with Crippen LogP contribution in [-0.2, 0) is 20.7 Å². The van der Waals surface area contributed by atoms with Gasteiger partial charge in [0.25, 0.3) is 6.18 Å². The van der Waals surface area contributed by atoms with Crippen LogP contribution in [0.25, 0.3) is 0 Å². The Morgan fingerprint density at radius 2 is 2.08 bits per heavy atom. The molecule has 1 atom stereocenters. The van der Waals surface area contributed by atoms with Gasteiger partial charge in [-0.15, -0.1) is 18.1 Å². The summed E-state index contributed by atoms with van der Waals surface area (Å²) in [5, 5.41) is 0. The summed E-state index contributed by atoms with van der Waals surface area (Å²) < 4.78 is 38.5. The average molecular weight is 351 g/mol. The molecule has 0 aliphatic carbocycles. The van der Waals surface area contributed by atoms with Crippen molar-refractivity contribution in [3.05, 3.63) is 48.7 Å². The van der Waals surface area contributed by atoms with Crippen LogP contribution in [0.15, 0.2) is 24.3 Å². The molecule has 0 amide bonds. The number of carbonyl (C=O) groups excluding carboxylic acids is 2. The Hall–Kier alpha value is -1.42. The molecule has 0 saturated heterocycles. The largest absolute Gasteiger partial charge is 1.00 e. The molecular weight excluding hydrogens is 330 g/mol. The van der Waals surface area contributed by atoms with Crippen molar-refractivity contribution >= 4 is 12.3 Å². The standard InChI is InChI=1S/C11H14NO2.C6H7F3O.Li/c1-8-4-3-5-9(6-8)7-10(12)11(13)14-2;7-6(8,9)4-2-1-3-5-10;/h3-6,10H,1,7,12H2,2H3;4H,1-3H2;/q-1;-2;+1/t10-;;/m0../s1. The van der Waals surface area contributed by atoms with E-state index in [1.54, 1.807) is 0 Å². The Morgan fingerprint density at radius 3 is 2.56 bits per heavy atom.